The number of fused-ring (bicyclic) bond motifs is 1. The van der Waals surface area contributed by atoms with Crippen LogP contribution >= 0.6 is 0 Å². The van der Waals surface area contributed by atoms with E-state index >= 15 is 0 Å². The molecule has 6 atom stereocenters. The molecule has 0 spiro atoms. The summed E-state index contributed by atoms with van der Waals surface area (Å²) in [5.41, 5.74) is 4.34. The number of rotatable bonds is 13. The van der Waals surface area contributed by atoms with Crippen LogP contribution in [-0.4, -0.2) is 84.3 Å². The molecule has 0 aromatic heterocycles. The number of primary amides is 1. The van der Waals surface area contributed by atoms with E-state index in [4.69, 9.17) is 15.2 Å². The molecule has 1 unspecified atom stereocenters. The van der Waals surface area contributed by atoms with Crippen molar-refractivity contribution in [3.05, 3.63) is 11.8 Å². The van der Waals surface area contributed by atoms with Crippen molar-refractivity contribution >= 4 is 35.5 Å². The van der Waals surface area contributed by atoms with Crippen LogP contribution in [-0.2, 0) is 33.4 Å². The van der Waals surface area contributed by atoms with Crippen LogP contribution in [0.3, 0.4) is 0 Å². The first-order chi connectivity index (χ1) is 21.4. The smallest absolute Gasteiger partial charge is 0.329 e. The van der Waals surface area contributed by atoms with Crippen molar-refractivity contribution in [2.24, 2.45) is 40.2 Å². The molecule has 0 aromatic rings. The Kier molecular flexibility index (Phi) is 10.4. The van der Waals surface area contributed by atoms with E-state index in [0.29, 0.717) is 25.3 Å². The molecule has 46 heavy (non-hydrogen) atoms. The number of carbonyl (C=O) groups excluding carboxylic acids is 6. The number of amides is 5. The van der Waals surface area contributed by atoms with Gasteiger partial charge in [-0.05, 0) is 47.0 Å². The van der Waals surface area contributed by atoms with Gasteiger partial charge in [-0.2, -0.15) is 0 Å². The molecule has 0 aromatic carbocycles. The van der Waals surface area contributed by atoms with Crippen molar-refractivity contribution in [1.82, 2.24) is 20.9 Å². The van der Waals surface area contributed by atoms with Gasteiger partial charge in [0.25, 0.3) is 5.91 Å². The Bertz CT molecular complexity index is 1270. The van der Waals surface area contributed by atoms with E-state index in [9.17, 15) is 28.8 Å². The molecular formula is C33H51N5O8. The Hall–Kier alpha value is -3.64. The molecule has 4 rings (SSSR count). The van der Waals surface area contributed by atoms with Crippen molar-refractivity contribution in [2.75, 3.05) is 19.8 Å². The predicted octanol–water partition coefficient (Wildman–Crippen LogP) is 1.78. The number of nitrogens with two attached hydrogens (primary N) is 1. The molecule has 3 fully saturated rings. The monoisotopic (exact) mass is 645 g/mol. The van der Waals surface area contributed by atoms with Crippen LogP contribution in [0.4, 0.5) is 4.79 Å². The summed E-state index contributed by atoms with van der Waals surface area (Å²) in [6.07, 6.45) is 5.76. The lowest BCUT2D eigenvalue weighted by Gasteiger charge is -2.38. The second-order valence-electron chi connectivity index (χ2n) is 15.3. The lowest BCUT2D eigenvalue weighted by Crippen LogP contribution is -2.62. The number of carbonyl (C=O) groups is 6. The fourth-order valence-electron chi connectivity index (χ4n) is 6.96. The van der Waals surface area contributed by atoms with E-state index in [-0.39, 0.29) is 35.7 Å². The fraction of sp³-hybridized carbons (Fsp3) is 0.758. The number of esters is 1. The van der Waals surface area contributed by atoms with E-state index in [0.717, 1.165) is 25.7 Å². The Morgan fingerprint density at radius 1 is 1.09 bits per heavy atom. The largest absolute Gasteiger partial charge is 0.494 e. The average Bonchev–Trinajstić information content (AvgIpc) is 3.38. The molecule has 256 valence electrons. The average molecular weight is 646 g/mol. The number of hydrogen-bond donors (Lipinski definition) is 4. The second kappa shape index (κ2) is 13.6. The van der Waals surface area contributed by atoms with Crippen molar-refractivity contribution < 1.29 is 38.2 Å². The minimum atomic E-state index is -1.11. The summed E-state index contributed by atoms with van der Waals surface area (Å²) in [5, 5.41) is 8.20. The highest BCUT2D eigenvalue weighted by atomic mass is 16.6. The minimum absolute atomic E-state index is 0.0297. The summed E-state index contributed by atoms with van der Waals surface area (Å²) in [4.78, 5) is 80.3. The molecule has 1 saturated heterocycles. The Morgan fingerprint density at radius 3 is 2.28 bits per heavy atom. The number of ether oxygens (including phenoxy) is 2. The Morgan fingerprint density at radius 2 is 1.76 bits per heavy atom. The summed E-state index contributed by atoms with van der Waals surface area (Å²) in [7, 11) is 0. The minimum Gasteiger partial charge on any atom is -0.494 e. The zero-order valence-corrected chi connectivity index (χ0v) is 28.1. The second-order valence-corrected chi connectivity index (χ2v) is 15.3. The van der Waals surface area contributed by atoms with Gasteiger partial charge in [0.1, 0.15) is 30.5 Å². The number of hydrogen-bond acceptors (Lipinski definition) is 8. The molecular weight excluding hydrogens is 594 g/mol. The van der Waals surface area contributed by atoms with Gasteiger partial charge in [-0.25, -0.2) is 9.59 Å². The summed E-state index contributed by atoms with van der Waals surface area (Å²) in [6, 6.07) is -4.70. The summed E-state index contributed by atoms with van der Waals surface area (Å²) in [6.45, 7) is 13.8. The van der Waals surface area contributed by atoms with Crippen molar-refractivity contribution in [1.29, 1.82) is 0 Å². The van der Waals surface area contributed by atoms with Crippen LogP contribution in [0.1, 0.15) is 80.6 Å². The van der Waals surface area contributed by atoms with E-state index in [1.807, 2.05) is 19.9 Å². The zero-order chi connectivity index (χ0) is 34.1. The molecule has 4 aliphatic rings. The van der Waals surface area contributed by atoms with Gasteiger partial charge in [0.15, 0.2) is 0 Å². The Labute approximate surface area is 271 Å². The molecule has 13 nitrogen and oxygen atoms in total. The fourth-order valence-corrected chi connectivity index (χ4v) is 6.96. The van der Waals surface area contributed by atoms with Gasteiger partial charge in [0.05, 0.1) is 12.6 Å². The standard InChI is InChI=1S/C33H51N5O8/c1-17(2)23(30(43)46-16-19-12-9-13-45-19)36-31(44)37-26(32(3,4)5)29(42)38-15-20-22(33(20,6)7)24(38)28(41)35-21(25(39)27(34)40)14-18-10-8-11-18/h12,17-18,20-24,26H,8-11,13-16H2,1-7H3,(H2,34,40)(H,35,41)(H2,36,37,44)/t20-,21?,22-,23-,24-,26+/m0/s1. The number of nitrogens with zero attached hydrogens (tertiary/aromatic N) is 1. The van der Waals surface area contributed by atoms with Gasteiger partial charge in [-0.15, -0.1) is 0 Å². The number of nitrogens with one attached hydrogen (secondary N) is 3. The first-order valence-corrected chi connectivity index (χ1v) is 16.4. The third kappa shape index (κ3) is 7.66. The number of ketones is 1. The molecule has 2 saturated carbocycles. The molecule has 2 aliphatic carbocycles. The SMILES string of the molecule is CC(C)[C@H](NC(=O)N[C@H](C(=O)N1C[C@H]2[C@@H]([C@H]1C(=O)NC(CC1CCC1)C(=O)C(N)=O)C2(C)C)C(C)(C)C)C(=O)OCC1=CCCO1. The van der Waals surface area contributed by atoms with E-state index in [1.165, 1.54) is 4.90 Å². The molecule has 5 amide bonds. The zero-order valence-electron chi connectivity index (χ0n) is 28.1. The summed E-state index contributed by atoms with van der Waals surface area (Å²) in [5.74, 6) is -3.16. The van der Waals surface area contributed by atoms with Gasteiger partial charge in [-0.1, -0.05) is 67.7 Å². The normalized spacial score (nSPS) is 25.2. The maximum atomic E-state index is 14.2. The van der Waals surface area contributed by atoms with Crippen molar-refractivity contribution in [3.63, 3.8) is 0 Å². The van der Waals surface area contributed by atoms with Crippen LogP contribution in [0.15, 0.2) is 11.8 Å². The number of urea groups is 1. The lowest BCUT2D eigenvalue weighted by atomic mass is 9.80. The van der Waals surface area contributed by atoms with E-state index in [1.54, 1.807) is 34.6 Å². The third-order valence-electron chi connectivity index (χ3n) is 10.2. The maximum absolute atomic E-state index is 14.2. The van der Waals surface area contributed by atoms with Gasteiger partial charge < -0.3 is 36.1 Å². The summed E-state index contributed by atoms with van der Waals surface area (Å²) < 4.78 is 10.8. The molecule has 2 heterocycles. The van der Waals surface area contributed by atoms with Crippen LogP contribution < -0.4 is 21.7 Å². The van der Waals surface area contributed by atoms with Crippen molar-refractivity contribution in [3.8, 4) is 0 Å². The highest BCUT2D eigenvalue weighted by molar-refractivity contribution is 6.37. The highest BCUT2D eigenvalue weighted by Crippen LogP contribution is 2.65. The maximum Gasteiger partial charge on any atom is 0.329 e. The molecule has 5 N–H and O–H groups in total. The molecule has 13 heteroatoms. The lowest BCUT2D eigenvalue weighted by molar-refractivity contribution is -0.147. The number of likely N-dealkylation sites (tertiary alicyclic amines) is 1. The Balaban J connectivity index is 1.48. The van der Waals surface area contributed by atoms with Gasteiger partial charge in [0.2, 0.25) is 17.6 Å². The quantitative estimate of drug-likeness (QED) is 0.172. The molecule has 0 bridgehead atoms. The first-order valence-electron chi connectivity index (χ1n) is 16.4. The topological polar surface area (TPSA) is 186 Å². The number of piperidine rings is 1. The first kappa shape index (κ1) is 35.2. The predicted molar refractivity (Wildman–Crippen MR) is 167 cm³/mol. The van der Waals surface area contributed by atoms with Gasteiger partial charge in [0, 0.05) is 13.0 Å². The van der Waals surface area contributed by atoms with E-state index < -0.39 is 65.1 Å². The van der Waals surface area contributed by atoms with E-state index in [2.05, 4.69) is 16.0 Å². The van der Waals surface area contributed by atoms with Gasteiger partial charge in [-0.3, -0.25) is 19.2 Å². The van der Waals surface area contributed by atoms with Crippen LogP contribution in [0.5, 0.6) is 0 Å². The third-order valence-corrected chi connectivity index (χ3v) is 10.2. The molecule has 0 radical (unpaired) electrons. The van der Waals surface area contributed by atoms with Crippen LogP contribution in [0.2, 0.25) is 0 Å². The van der Waals surface area contributed by atoms with Crippen LogP contribution in [0, 0.1) is 34.5 Å². The molecule has 2 aliphatic heterocycles. The van der Waals surface area contributed by atoms with Gasteiger partial charge >= 0.3 is 12.0 Å². The number of Topliss-reactive ketones (excluding diaryl/α,β-unsaturated/α-hetero) is 1. The van der Waals surface area contributed by atoms with Crippen molar-refractivity contribution in [2.45, 2.75) is 105 Å². The van der Waals surface area contributed by atoms with Crippen LogP contribution in [0.25, 0.3) is 0 Å². The highest BCUT2D eigenvalue weighted by Gasteiger charge is 2.70. The summed E-state index contributed by atoms with van der Waals surface area (Å²) >= 11 is 0.